The second kappa shape index (κ2) is 12.2. The van der Waals surface area contributed by atoms with Gasteiger partial charge in [0.05, 0.1) is 6.61 Å². The smallest absolute Gasteiger partial charge is 0.0615 e. The molecule has 0 amide bonds. The lowest BCUT2D eigenvalue weighted by Gasteiger charge is -2.32. The lowest BCUT2D eigenvalue weighted by atomic mass is 9.72. The molecule has 0 atom stereocenters. The van der Waals surface area contributed by atoms with Crippen molar-refractivity contribution in [2.45, 2.75) is 60.8 Å². The van der Waals surface area contributed by atoms with Crippen LogP contribution in [0.5, 0.6) is 0 Å². The Labute approximate surface area is 172 Å². The molecule has 0 saturated heterocycles. The maximum atomic E-state index is 8.74. The fourth-order valence-corrected chi connectivity index (χ4v) is 3.28. The Morgan fingerprint density at radius 3 is 2.25 bits per heavy atom. The average Bonchev–Trinajstić information content (AvgIpc) is 2.62. The van der Waals surface area contributed by atoms with Crippen LogP contribution in [0.15, 0.2) is 82.5 Å². The fourth-order valence-electron chi connectivity index (χ4n) is 3.28. The molecular weight excluding hydrogens is 340 g/mol. The van der Waals surface area contributed by atoms with E-state index in [2.05, 4.69) is 69.9 Å². The second-order valence-corrected chi connectivity index (χ2v) is 8.18. The minimum atomic E-state index is 0.0551. The molecule has 0 saturated carbocycles. The van der Waals surface area contributed by atoms with Crippen LogP contribution in [0.2, 0.25) is 0 Å². The van der Waals surface area contributed by atoms with Crippen molar-refractivity contribution in [3.05, 3.63) is 82.5 Å². The maximum Gasteiger partial charge on any atom is 0.0615 e. The van der Waals surface area contributed by atoms with E-state index in [1.807, 2.05) is 32.1 Å². The minimum Gasteiger partial charge on any atom is -0.392 e. The molecule has 0 spiro atoms. The average molecular weight is 377 g/mol. The van der Waals surface area contributed by atoms with Crippen molar-refractivity contribution < 1.29 is 5.11 Å². The van der Waals surface area contributed by atoms with Gasteiger partial charge in [0.15, 0.2) is 0 Å². The monoisotopic (exact) mass is 376 g/mol. The highest BCUT2D eigenvalue weighted by Gasteiger charge is 2.26. The van der Waals surface area contributed by atoms with Crippen molar-refractivity contribution in [1.82, 2.24) is 0 Å². The van der Waals surface area contributed by atoms with Gasteiger partial charge >= 0.3 is 0 Å². The van der Waals surface area contributed by atoms with E-state index < -0.39 is 0 Å². The number of allylic oxidation sites excluding steroid dienone is 13. The normalized spacial score (nSPS) is 19.0. The van der Waals surface area contributed by atoms with Crippen LogP contribution >= 0.6 is 0 Å². The van der Waals surface area contributed by atoms with Gasteiger partial charge in [-0.15, -0.1) is 0 Å². The number of rotatable bonds is 6. The summed E-state index contributed by atoms with van der Waals surface area (Å²) in [6.07, 6.45) is 21.9. The predicted molar refractivity (Wildman–Crippen MR) is 124 cm³/mol. The first-order valence-electron chi connectivity index (χ1n) is 10.1. The summed E-state index contributed by atoms with van der Waals surface area (Å²) in [4.78, 5) is 0. The molecule has 1 aliphatic rings. The Kier molecular flexibility index (Phi) is 10.4. The molecule has 1 heteroatoms. The van der Waals surface area contributed by atoms with E-state index in [0.717, 1.165) is 11.1 Å². The molecule has 1 rings (SSSR count). The van der Waals surface area contributed by atoms with Gasteiger partial charge in [0.2, 0.25) is 0 Å². The van der Waals surface area contributed by atoms with E-state index in [1.165, 1.54) is 36.0 Å². The standard InChI is InChI=1S/C27H36O/c1-22(12-7-8-13-23(2)16-11-21-28)14-9-15-24(3)18-19-26-25(4)17-10-20-27(26,5)6/h9,11-16,18-19,28H,10,17,20-21H2,1-6H3/b14-9+,16-11+,19-18+,22-12+,23-13+,24-15+. The van der Waals surface area contributed by atoms with E-state index in [0.29, 0.717) is 0 Å². The van der Waals surface area contributed by atoms with E-state index in [4.69, 9.17) is 5.11 Å². The summed E-state index contributed by atoms with van der Waals surface area (Å²) in [7, 11) is 0. The van der Waals surface area contributed by atoms with Crippen LogP contribution in [0.3, 0.4) is 0 Å². The largest absolute Gasteiger partial charge is 0.392 e. The van der Waals surface area contributed by atoms with E-state index >= 15 is 0 Å². The summed E-state index contributed by atoms with van der Waals surface area (Å²) in [6, 6.07) is 0. The van der Waals surface area contributed by atoms with Gasteiger partial charge in [0, 0.05) is 0 Å². The van der Waals surface area contributed by atoms with Gasteiger partial charge in [0.25, 0.3) is 0 Å². The van der Waals surface area contributed by atoms with Gasteiger partial charge in [-0.05, 0) is 81.2 Å². The quantitative estimate of drug-likeness (QED) is 0.390. The molecule has 1 aliphatic carbocycles. The minimum absolute atomic E-state index is 0.0551. The Morgan fingerprint density at radius 1 is 1.00 bits per heavy atom. The Morgan fingerprint density at radius 2 is 1.64 bits per heavy atom. The molecule has 0 aromatic carbocycles. The highest BCUT2D eigenvalue weighted by atomic mass is 16.2. The first-order chi connectivity index (χ1) is 13.3. The lowest BCUT2D eigenvalue weighted by Crippen LogP contribution is -2.19. The number of aliphatic hydroxyl groups excluding tert-OH is 1. The zero-order valence-corrected chi connectivity index (χ0v) is 18.5. The fraction of sp³-hybridized carbons (Fsp3) is 0.407. The van der Waals surface area contributed by atoms with Crippen molar-refractivity contribution in [3.8, 4) is 11.8 Å². The van der Waals surface area contributed by atoms with Crippen LogP contribution in [0, 0.1) is 17.3 Å². The lowest BCUT2D eigenvalue weighted by molar-refractivity contribution is 0.342. The molecule has 0 heterocycles. The summed E-state index contributed by atoms with van der Waals surface area (Å²) in [5, 5.41) is 8.74. The van der Waals surface area contributed by atoms with Gasteiger partial charge in [-0.25, -0.2) is 0 Å². The second-order valence-electron chi connectivity index (χ2n) is 8.18. The molecule has 0 fully saturated rings. The summed E-state index contributed by atoms with van der Waals surface area (Å²) >= 11 is 0. The highest BCUT2D eigenvalue weighted by molar-refractivity contribution is 5.38. The third kappa shape index (κ3) is 9.07. The molecule has 0 aromatic rings. The third-order valence-corrected chi connectivity index (χ3v) is 4.94. The number of hydrogen-bond acceptors (Lipinski definition) is 1. The summed E-state index contributed by atoms with van der Waals surface area (Å²) in [6.45, 7) is 13.2. The molecule has 28 heavy (non-hydrogen) atoms. The van der Waals surface area contributed by atoms with Crippen LogP contribution in [-0.2, 0) is 0 Å². The summed E-state index contributed by atoms with van der Waals surface area (Å²) in [5.74, 6) is 6.04. The van der Waals surface area contributed by atoms with Gasteiger partial charge in [-0.1, -0.05) is 79.4 Å². The zero-order chi connectivity index (χ0) is 21.0. The van der Waals surface area contributed by atoms with E-state index in [9.17, 15) is 0 Å². The topological polar surface area (TPSA) is 20.2 Å². The number of aliphatic hydroxyl groups is 1. The molecule has 0 radical (unpaired) electrons. The Hall–Kier alpha value is -2.30. The predicted octanol–water partition coefficient (Wildman–Crippen LogP) is 7.02. The molecule has 0 aliphatic heterocycles. The van der Waals surface area contributed by atoms with Crippen LogP contribution in [0.4, 0.5) is 0 Å². The first-order valence-corrected chi connectivity index (χ1v) is 10.1. The first kappa shape index (κ1) is 23.7. The maximum absolute atomic E-state index is 8.74. The van der Waals surface area contributed by atoms with Crippen LogP contribution in [0.25, 0.3) is 0 Å². The Bertz CT molecular complexity index is 793. The van der Waals surface area contributed by atoms with Crippen LogP contribution in [-0.4, -0.2) is 11.7 Å². The van der Waals surface area contributed by atoms with Crippen LogP contribution < -0.4 is 0 Å². The van der Waals surface area contributed by atoms with Gasteiger partial charge in [-0.3, -0.25) is 0 Å². The molecule has 1 N–H and O–H groups in total. The van der Waals surface area contributed by atoms with E-state index in [-0.39, 0.29) is 12.0 Å². The Balaban J connectivity index is 2.70. The SMILES string of the molecule is CC1=C(/C=C/C(C)=C/C=C/C(C)=C/C#C/C=C(C)/C=C/CO)C(C)(C)CCC1. The van der Waals surface area contributed by atoms with Gasteiger partial charge in [0.1, 0.15) is 0 Å². The molecule has 0 unspecified atom stereocenters. The van der Waals surface area contributed by atoms with Crippen molar-refractivity contribution in [1.29, 1.82) is 0 Å². The van der Waals surface area contributed by atoms with E-state index in [1.54, 1.807) is 6.08 Å². The van der Waals surface area contributed by atoms with Crippen molar-refractivity contribution in [2.24, 2.45) is 5.41 Å². The van der Waals surface area contributed by atoms with Gasteiger partial charge in [-0.2, -0.15) is 0 Å². The molecule has 0 bridgehead atoms. The third-order valence-electron chi connectivity index (χ3n) is 4.94. The molecular formula is C27H36O. The molecule has 150 valence electrons. The summed E-state index contributed by atoms with van der Waals surface area (Å²) < 4.78 is 0. The summed E-state index contributed by atoms with van der Waals surface area (Å²) in [5.41, 5.74) is 6.70. The molecule has 0 aromatic heterocycles. The van der Waals surface area contributed by atoms with Gasteiger partial charge < -0.3 is 5.11 Å². The highest BCUT2D eigenvalue weighted by Crippen LogP contribution is 2.40. The van der Waals surface area contributed by atoms with Crippen LogP contribution in [0.1, 0.15) is 60.8 Å². The van der Waals surface area contributed by atoms with Crippen molar-refractivity contribution in [2.75, 3.05) is 6.61 Å². The molecule has 1 nitrogen and oxygen atoms in total. The number of hydrogen-bond donors (Lipinski definition) is 1. The van der Waals surface area contributed by atoms with Crippen molar-refractivity contribution in [3.63, 3.8) is 0 Å². The zero-order valence-electron chi connectivity index (χ0n) is 18.5. The van der Waals surface area contributed by atoms with Crippen molar-refractivity contribution >= 4 is 0 Å².